The Morgan fingerprint density at radius 1 is 0.870 bits per heavy atom. The van der Waals surface area contributed by atoms with Gasteiger partial charge in [-0.25, -0.2) is 0 Å². The van der Waals surface area contributed by atoms with Gasteiger partial charge < -0.3 is 4.57 Å². The molecule has 6 heteroatoms. The van der Waals surface area contributed by atoms with E-state index in [4.69, 9.17) is 0 Å². The number of hydrogen-bond donors (Lipinski definition) is 0. The van der Waals surface area contributed by atoms with Crippen LogP contribution in [0, 0.1) is 0 Å². The van der Waals surface area contributed by atoms with Crippen LogP contribution in [0.2, 0.25) is 0 Å². The van der Waals surface area contributed by atoms with Gasteiger partial charge in [0.1, 0.15) is 0 Å². The molecule has 0 aliphatic carbocycles. The Morgan fingerprint density at radius 2 is 1.61 bits per heavy atom. The van der Waals surface area contributed by atoms with E-state index in [0.29, 0.717) is 26.2 Å². The SMILES string of the molecule is O=S(=O)(N1CCCC1)N1CCn2cccc2C1c1ccccc1. The summed E-state index contributed by atoms with van der Waals surface area (Å²) in [5.41, 5.74) is 2.07. The molecule has 1 atom stereocenters. The van der Waals surface area contributed by atoms with Gasteiger partial charge >= 0.3 is 0 Å². The number of rotatable bonds is 3. The zero-order chi connectivity index (χ0) is 15.9. The van der Waals surface area contributed by atoms with Crippen molar-refractivity contribution < 1.29 is 8.42 Å². The van der Waals surface area contributed by atoms with E-state index in [-0.39, 0.29) is 6.04 Å². The van der Waals surface area contributed by atoms with E-state index in [1.165, 1.54) is 0 Å². The van der Waals surface area contributed by atoms with Crippen LogP contribution in [-0.4, -0.2) is 41.2 Å². The quantitative estimate of drug-likeness (QED) is 0.866. The topological polar surface area (TPSA) is 45.6 Å². The van der Waals surface area contributed by atoms with E-state index in [1.807, 2.05) is 48.7 Å². The summed E-state index contributed by atoms with van der Waals surface area (Å²) in [6.45, 7) is 2.50. The Labute approximate surface area is 137 Å². The van der Waals surface area contributed by atoms with Crippen LogP contribution in [0.15, 0.2) is 48.7 Å². The second-order valence-electron chi connectivity index (χ2n) is 6.16. The maximum atomic E-state index is 13.1. The minimum absolute atomic E-state index is 0.245. The van der Waals surface area contributed by atoms with Gasteiger partial charge in [-0.15, -0.1) is 0 Å². The van der Waals surface area contributed by atoms with Gasteiger partial charge in [0.25, 0.3) is 10.2 Å². The first-order valence-corrected chi connectivity index (χ1v) is 9.54. The zero-order valence-electron chi connectivity index (χ0n) is 13.0. The van der Waals surface area contributed by atoms with Crippen LogP contribution in [0.4, 0.5) is 0 Å². The van der Waals surface area contributed by atoms with Crippen molar-refractivity contribution in [2.45, 2.75) is 25.4 Å². The average Bonchev–Trinajstić information content (AvgIpc) is 3.26. The van der Waals surface area contributed by atoms with Gasteiger partial charge in [-0.05, 0) is 30.5 Å². The van der Waals surface area contributed by atoms with Gasteiger partial charge in [0.2, 0.25) is 0 Å². The predicted molar refractivity (Wildman–Crippen MR) is 89.1 cm³/mol. The fraction of sp³-hybridized carbons (Fsp3) is 0.412. The maximum absolute atomic E-state index is 13.1. The molecule has 2 aliphatic rings. The molecule has 0 saturated carbocycles. The third-order valence-electron chi connectivity index (χ3n) is 4.80. The van der Waals surface area contributed by atoms with Crippen molar-refractivity contribution in [1.82, 2.24) is 13.2 Å². The Bertz CT molecular complexity index is 779. The highest BCUT2D eigenvalue weighted by Crippen LogP contribution is 2.35. The molecule has 122 valence electrons. The lowest BCUT2D eigenvalue weighted by atomic mass is 10.0. The van der Waals surface area contributed by atoms with Gasteiger partial charge in [-0.1, -0.05) is 30.3 Å². The van der Waals surface area contributed by atoms with Crippen LogP contribution in [-0.2, 0) is 16.8 Å². The molecular formula is C17H21N3O2S. The van der Waals surface area contributed by atoms with Crippen LogP contribution < -0.4 is 0 Å². The number of fused-ring (bicyclic) bond motifs is 1. The van der Waals surface area contributed by atoms with E-state index in [0.717, 1.165) is 24.1 Å². The fourth-order valence-electron chi connectivity index (χ4n) is 3.65. The molecule has 0 amide bonds. The monoisotopic (exact) mass is 331 g/mol. The second kappa shape index (κ2) is 5.78. The van der Waals surface area contributed by atoms with Crippen molar-refractivity contribution in [2.75, 3.05) is 19.6 Å². The number of nitrogens with zero attached hydrogens (tertiary/aromatic N) is 3. The summed E-state index contributed by atoms with van der Waals surface area (Å²) in [5.74, 6) is 0. The Balaban J connectivity index is 1.79. The van der Waals surface area contributed by atoms with E-state index in [2.05, 4.69) is 4.57 Å². The molecule has 0 spiro atoms. The molecule has 1 saturated heterocycles. The first-order valence-electron chi connectivity index (χ1n) is 8.15. The molecule has 0 bridgehead atoms. The lowest BCUT2D eigenvalue weighted by molar-refractivity contribution is 0.275. The van der Waals surface area contributed by atoms with Gasteiger partial charge in [0.05, 0.1) is 6.04 Å². The fourth-order valence-corrected chi connectivity index (χ4v) is 5.47. The Hall–Kier alpha value is -1.63. The summed E-state index contributed by atoms with van der Waals surface area (Å²) in [7, 11) is -3.43. The molecule has 3 heterocycles. The molecule has 1 aromatic carbocycles. The summed E-state index contributed by atoms with van der Waals surface area (Å²) in [4.78, 5) is 0. The lowest BCUT2D eigenvalue weighted by Crippen LogP contribution is -2.48. The first kappa shape index (κ1) is 14.9. The van der Waals surface area contributed by atoms with Crippen molar-refractivity contribution in [2.24, 2.45) is 0 Å². The predicted octanol–water partition coefficient (Wildman–Crippen LogP) is 2.23. The normalized spacial score (nSPS) is 23.0. The third-order valence-corrected chi connectivity index (χ3v) is 6.80. The van der Waals surface area contributed by atoms with Crippen molar-refractivity contribution in [3.05, 3.63) is 59.9 Å². The van der Waals surface area contributed by atoms with Crippen LogP contribution in [0.3, 0.4) is 0 Å². The number of aromatic nitrogens is 1. The standard InChI is InChI=1S/C17H21N3O2S/c21-23(22,19-11-4-5-12-19)20-14-13-18-10-6-9-16(18)17(20)15-7-2-1-3-8-15/h1-3,6-10,17H,4-5,11-14H2. The number of hydrogen-bond acceptors (Lipinski definition) is 2. The molecule has 1 unspecified atom stereocenters. The minimum Gasteiger partial charge on any atom is -0.348 e. The lowest BCUT2D eigenvalue weighted by Gasteiger charge is -2.38. The highest BCUT2D eigenvalue weighted by molar-refractivity contribution is 7.86. The molecule has 23 heavy (non-hydrogen) atoms. The molecule has 0 N–H and O–H groups in total. The highest BCUT2D eigenvalue weighted by atomic mass is 32.2. The zero-order valence-corrected chi connectivity index (χ0v) is 13.8. The molecule has 2 aromatic rings. The Morgan fingerprint density at radius 3 is 2.35 bits per heavy atom. The first-order chi connectivity index (χ1) is 11.2. The van der Waals surface area contributed by atoms with Crippen LogP contribution >= 0.6 is 0 Å². The van der Waals surface area contributed by atoms with Gasteiger partial charge in [-0.2, -0.15) is 17.0 Å². The van der Waals surface area contributed by atoms with Crippen LogP contribution in [0.1, 0.15) is 30.1 Å². The van der Waals surface area contributed by atoms with Gasteiger partial charge in [0, 0.05) is 38.1 Å². The molecule has 1 fully saturated rings. The third kappa shape index (κ3) is 2.51. The van der Waals surface area contributed by atoms with E-state index in [1.54, 1.807) is 8.61 Å². The average molecular weight is 331 g/mol. The molecule has 2 aliphatic heterocycles. The highest BCUT2D eigenvalue weighted by Gasteiger charge is 2.40. The van der Waals surface area contributed by atoms with Gasteiger partial charge in [0.15, 0.2) is 0 Å². The summed E-state index contributed by atoms with van der Waals surface area (Å²) >= 11 is 0. The van der Waals surface area contributed by atoms with Crippen LogP contribution in [0.25, 0.3) is 0 Å². The maximum Gasteiger partial charge on any atom is 0.282 e. The molecule has 5 nitrogen and oxygen atoms in total. The Kier molecular flexibility index (Phi) is 3.75. The van der Waals surface area contributed by atoms with Crippen molar-refractivity contribution in [3.8, 4) is 0 Å². The van der Waals surface area contributed by atoms with Gasteiger partial charge in [-0.3, -0.25) is 0 Å². The molecule has 1 aromatic heterocycles. The minimum atomic E-state index is -3.43. The van der Waals surface area contributed by atoms with Crippen LogP contribution in [0.5, 0.6) is 0 Å². The van der Waals surface area contributed by atoms with Crippen molar-refractivity contribution >= 4 is 10.2 Å². The van der Waals surface area contributed by atoms with E-state index >= 15 is 0 Å². The summed E-state index contributed by atoms with van der Waals surface area (Å²) in [5, 5.41) is 0. The van der Waals surface area contributed by atoms with Crippen molar-refractivity contribution in [1.29, 1.82) is 0 Å². The van der Waals surface area contributed by atoms with Crippen molar-refractivity contribution in [3.63, 3.8) is 0 Å². The molecule has 0 radical (unpaired) electrons. The summed E-state index contributed by atoms with van der Waals surface area (Å²) < 4.78 is 31.8. The van der Waals surface area contributed by atoms with E-state index in [9.17, 15) is 8.42 Å². The molecular weight excluding hydrogens is 310 g/mol. The van der Waals surface area contributed by atoms with E-state index < -0.39 is 10.2 Å². The second-order valence-corrected chi connectivity index (χ2v) is 8.05. The smallest absolute Gasteiger partial charge is 0.282 e. The summed E-state index contributed by atoms with van der Waals surface area (Å²) in [6.07, 6.45) is 3.95. The largest absolute Gasteiger partial charge is 0.348 e. The number of benzene rings is 1. The summed E-state index contributed by atoms with van der Waals surface area (Å²) in [6, 6.07) is 13.7. The molecule has 4 rings (SSSR count).